The Balaban J connectivity index is 2.17. The molecule has 0 aliphatic rings. The Hall–Kier alpha value is -1.24. The third kappa shape index (κ3) is 2.23. The Morgan fingerprint density at radius 1 is 1.60 bits per heavy atom. The largest absolute Gasteiger partial charge is 0.385 e. The van der Waals surface area contributed by atoms with Crippen molar-refractivity contribution in [3.8, 4) is 10.7 Å². The fraction of sp³-hybridized carbons (Fsp3) is 0.333. The van der Waals surface area contributed by atoms with Crippen LogP contribution in [0, 0.1) is 0 Å². The summed E-state index contributed by atoms with van der Waals surface area (Å²) in [5, 5.41) is 18.3. The van der Waals surface area contributed by atoms with E-state index in [1.807, 2.05) is 17.5 Å². The van der Waals surface area contributed by atoms with Crippen molar-refractivity contribution in [2.75, 3.05) is 6.54 Å². The average molecular weight is 224 g/mol. The van der Waals surface area contributed by atoms with Gasteiger partial charge in [-0.25, -0.2) is 4.98 Å². The lowest BCUT2D eigenvalue weighted by Crippen LogP contribution is -2.07. The number of aromatic nitrogens is 3. The molecular formula is C9H12N4OS. The van der Waals surface area contributed by atoms with Crippen molar-refractivity contribution in [2.45, 2.75) is 12.5 Å². The van der Waals surface area contributed by atoms with Gasteiger partial charge in [0.05, 0.1) is 4.88 Å². The number of aromatic amines is 1. The average Bonchev–Trinajstić information content (AvgIpc) is 2.89. The number of hydrogen-bond donors (Lipinski definition) is 3. The van der Waals surface area contributed by atoms with Crippen LogP contribution in [0.1, 0.15) is 18.3 Å². The molecule has 2 heterocycles. The summed E-state index contributed by atoms with van der Waals surface area (Å²) >= 11 is 1.56. The van der Waals surface area contributed by atoms with Crippen molar-refractivity contribution >= 4 is 11.3 Å². The maximum atomic E-state index is 9.62. The summed E-state index contributed by atoms with van der Waals surface area (Å²) in [4.78, 5) is 5.19. The molecule has 15 heavy (non-hydrogen) atoms. The van der Waals surface area contributed by atoms with Crippen molar-refractivity contribution in [1.82, 2.24) is 15.2 Å². The molecule has 0 aliphatic carbocycles. The minimum Gasteiger partial charge on any atom is -0.385 e. The quantitative estimate of drug-likeness (QED) is 0.720. The van der Waals surface area contributed by atoms with Gasteiger partial charge in [-0.15, -0.1) is 11.3 Å². The Bertz CT molecular complexity index is 411. The number of H-pyrrole nitrogens is 1. The van der Waals surface area contributed by atoms with Gasteiger partial charge in [0.1, 0.15) is 6.10 Å². The van der Waals surface area contributed by atoms with Gasteiger partial charge in [-0.3, -0.25) is 5.10 Å². The van der Waals surface area contributed by atoms with Crippen LogP contribution in [0.25, 0.3) is 10.7 Å². The summed E-state index contributed by atoms with van der Waals surface area (Å²) in [7, 11) is 0. The number of hydrogen-bond acceptors (Lipinski definition) is 5. The van der Waals surface area contributed by atoms with Crippen LogP contribution >= 0.6 is 11.3 Å². The van der Waals surface area contributed by atoms with E-state index in [-0.39, 0.29) is 0 Å². The summed E-state index contributed by atoms with van der Waals surface area (Å²) in [6.45, 7) is 0.427. The number of aliphatic hydroxyl groups excluding tert-OH is 1. The van der Waals surface area contributed by atoms with Gasteiger partial charge in [0.2, 0.25) is 0 Å². The van der Waals surface area contributed by atoms with Gasteiger partial charge < -0.3 is 10.8 Å². The number of thiophene rings is 1. The summed E-state index contributed by atoms with van der Waals surface area (Å²) in [5.41, 5.74) is 5.35. The molecule has 0 amide bonds. The minimum absolute atomic E-state index is 0.427. The van der Waals surface area contributed by atoms with Gasteiger partial charge in [-0.2, -0.15) is 5.10 Å². The first-order chi connectivity index (χ1) is 7.31. The third-order valence-corrected chi connectivity index (χ3v) is 2.87. The van der Waals surface area contributed by atoms with Gasteiger partial charge in [-0.1, -0.05) is 6.07 Å². The van der Waals surface area contributed by atoms with Crippen molar-refractivity contribution in [3.63, 3.8) is 0 Å². The van der Waals surface area contributed by atoms with Gasteiger partial charge in [0.25, 0.3) is 0 Å². The molecule has 5 nitrogen and oxygen atoms in total. The van der Waals surface area contributed by atoms with Crippen LogP contribution in [0.4, 0.5) is 0 Å². The van der Waals surface area contributed by atoms with E-state index in [9.17, 15) is 5.11 Å². The predicted octanol–water partition coefficient (Wildman–Crippen LogP) is 0.915. The summed E-state index contributed by atoms with van der Waals surface area (Å²) < 4.78 is 0. The predicted molar refractivity (Wildman–Crippen MR) is 58.3 cm³/mol. The molecule has 0 fully saturated rings. The fourth-order valence-electron chi connectivity index (χ4n) is 1.23. The first-order valence-electron chi connectivity index (χ1n) is 4.65. The second kappa shape index (κ2) is 4.52. The van der Waals surface area contributed by atoms with E-state index in [0.29, 0.717) is 24.6 Å². The van der Waals surface area contributed by atoms with E-state index < -0.39 is 6.10 Å². The van der Waals surface area contributed by atoms with E-state index in [4.69, 9.17) is 5.73 Å². The van der Waals surface area contributed by atoms with E-state index in [2.05, 4.69) is 15.2 Å². The topological polar surface area (TPSA) is 87.8 Å². The second-order valence-electron chi connectivity index (χ2n) is 3.11. The molecule has 6 heteroatoms. The van der Waals surface area contributed by atoms with E-state index >= 15 is 0 Å². The molecule has 80 valence electrons. The molecule has 2 aromatic heterocycles. The van der Waals surface area contributed by atoms with Crippen LogP contribution in [-0.2, 0) is 0 Å². The Morgan fingerprint density at radius 2 is 2.47 bits per heavy atom. The Labute approximate surface area is 91.0 Å². The van der Waals surface area contributed by atoms with Crippen LogP contribution in [0.5, 0.6) is 0 Å². The summed E-state index contributed by atoms with van der Waals surface area (Å²) in [6, 6.07) is 3.87. The zero-order valence-corrected chi connectivity index (χ0v) is 8.87. The molecule has 4 N–H and O–H groups in total. The zero-order valence-electron chi connectivity index (χ0n) is 8.05. The molecule has 2 aromatic rings. The van der Waals surface area contributed by atoms with Crippen molar-refractivity contribution in [2.24, 2.45) is 5.73 Å². The van der Waals surface area contributed by atoms with Gasteiger partial charge in [-0.05, 0) is 24.4 Å². The number of nitrogens with one attached hydrogen (secondary N) is 1. The SMILES string of the molecule is NCC[C@H](O)c1nc(-c2cccs2)n[nH]1. The van der Waals surface area contributed by atoms with E-state index in [1.165, 1.54) is 0 Å². The number of nitrogens with two attached hydrogens (primary N) is 1. The molecule has 0 saturated heterocycles. The van der Waals surface area contributed by atoms with Crippen molar-refractivity contribution in [1.29, 1.82) is 0 Å². The Morgan fingerprint density at radius 3 is 3.13 bits per heavy atom. The molecule has 0 saturated carbocycles. The molecule has 0 bridgehead atoms. The molecule has 0 radical (unpaired) electrons. The molecule has 2 rings (SSSR count). The van der Waals surface area contributed by atoms with Crippen LogP contribution in [0.3, 0.4) is 0 Å². The lowest BCUT2D eigenvalue weighted by Gasteiger charge is -2.02. The maximum absolute atomic E-state index is 9.62. The summed E-state index contributed by atoms with van der Waals surface area (Å²) in [5.74, 6) is 1.10. The first-order valence-corrected chi connectivity index (χ1v) is 5.53. The highest BCUT2D eigenvalue weighted by Gasteiger charge is 2.13. The maximum Gasteiger partial charge on any atom is 0.191 e. The molecule has 1 atom stereocenters. The van der Waals surface area contributed by atoms with Crippen LogP contribution in [-0.4, -0.2) is 26.8 Å². The lowest BCUT2D eigenvalue weighted by molar-refractivity contribution is 0.161. The zero-order chi connectivity index (χ0) is 10.7. The number of aliphatic hydroxyl groups is 1. The van der Waals surface area contributed by atoms with E-state index in [0.717, 1.165) is 4.88 Å². The van der Waals surface area contributed by atoms with Gasteiger partial charge in [0, 0.05) is 0 Å². The smallest absolute Gasteiger partial charge is 0.191 e. The van der Waals surface area contributed by atoms with Gasteiger partial charge >= 0.3 is 0 Å². The van der Waals surface area contributed by atoms with Crippen molar-refractivity contribution < 1.29 is 5.11 Å². The highest BCUT2D eigenvalue weighted by atomic mass is 32.1. The minimum atomic E-state index is -0.656. The molecule has 0 unspecified atom stereocenters. The third-order valence-electron chi connectivity index (χ3n) is 2.00. The fourth-order valence-corrected chi connectivity index (χ4v) is 1.89. The number of nitrogens with zero attached hydrogens (tertiary/aromatic N) is 2. The highest BCUT2D eigenvalue weighted by Crippen LogP contribution is 2.22. The molecule has 0 spiro atoms. The molecule has 0 aromatic carbocycles. The van der Waals surface area contributed by atoms with Crippen LogP contribution in [0.2, 0.25) is 0 Å². The van der Waals surface area contributed by atoms with Gasteiger partial charge in [0.15, 0.2) is 11.6 Å². The standard InChI is InChI=1S/C9H12N4OS/c10-4-3-6(14)8-11-9(13-12-8)7-2-1-5-15-7/h1-2,5-6,14H,3-4,10H2,(H,11,12,13)/t6-/m0/s1. The summed E-state index contributed by atoms with van der Waals surface area (Å²) in [6.07, 6.45) is -0.171. The van der Waals surface area contributed by atoms with E-state index in [1.54, 1.807) is 11.3 Å². The second-order valence-corrected chi connectivity index (χ2v) is 4.06. The lowest BCUT2D eigenvalue weighted by atomic mass is 10.2. The van der Waals surface area contributed by atoms with Crippen LogP contribution in [0.15, 0.2) is 17.5 Å². The van der Waals surface area contributed by atoms with Crippen LogP contribution < -0.4 is 5.73 Å². The monoisotopic (exact) mass is 224 g/mol. The normalized spacial score (nSPS) is 12.9. The molecule has 0 aliphatic heterocycles. The van der Waals surface area contributed by atoms with Crippen molar-refractivity contribution in [3.05, 3.63) is 23.3 Å². The Kier molecular flexibility index (Phi) is 3.10. The molecular weight excluding hydrogens is 212 g/mol. The highest BCUT2D eigenvalue weighted by molar-refractivity contribution is 7.13. The number of rotatable bonds is 4. The first kappa shape index (κ1) is 10.3.